The van der Waals surface area contributed by atoms with E-state index < -0.39 is 5.91 Å². The van der Waals surface area contributed by atoms with Crippen LogP contribution in [0, 0.1) is 0 Å². The van der Waals surface area contributed by atoms with Crippen LogP contribution < -0.4 is 10.6 Å². The fraction of sp³-hybridized carbons (Fsp3) is 0.125. The van der Waals surface area contributed by atoms with E-state index in [-0.39, 0.29) is 0 Å². The van der Waals surface area contributed by atoms with Crippen LogP contribution in [-0.2, 0) is 0 Å². The number of carbonyl (C=O) groups is 1. The molecule has 0 spiro atoms. The molecule has 0 saturated carbocycles. The Labute approximate surface area is 122 Å². The number of rotatable bonds is 3. The van der Waals surface area contributed by atoms with Gasteiger partial charge < -0.3 is 10.6 Å². The molecular weight excluding hydrogens is 264 g/mol. The second-order valence-electron chi connectivity index (χ2n) is 5.09. The van der Waals surface area contributed by atoms with Crippen molar-refractivity contribution in [2.75, 3.05) is 19.0 Å². The summed E-state index contributed by atoms with van der Waals surface area (Å²) in [4.78, 5) is 13.5. The Morgan fingerprint density at radius 2 is 1.86 bits per heavy atom. The number of hydrogen-bond donors (Lipinski definition) is 1. The van der Waals surface area contributed by atoms with Gasteiger partial charge in [0.05, 0.1) is 11.3 Å². The maximum absolute atomic E-state index is 11.4. The average molecular weight is 280 g/mol. The average Bonchev–Trinajstić information content (AvgIpc) is 2.90. The standard InChI is InChI=1S/C16H16N4O/c1-19(2)12-6-8-13(9-7-12)20-10-11-4-3-5-14(16(17)21)15(11)18-20/h3-10H,1-2H3,(H2,17,21). The van der Waals surface area contributed by atoms with Crippen LogP contribution in [0.2, 0.25) is 0 Å². The molecule has 0 aliphatic heterocycles. The lowest BCUT2D eigenvalue weighted by Crippen LogP contribution is -2.11. The Bertz CT molecular complexity index is 803. The highest BCUT2D eigenvalue weighted by atomic mass is 16.1. The molecule has 1 amide bonds. The summed E-state index contributed by atoms with van der Waals surface area (Å²) in [5.74, 6) is -0.464. The number of hydrogen-bond acceptors (Lipinski definition) is 3. The lowest BCUT2D eigenvalue weighted by atomic mass is 10.1. The van der Waals surface area contributed by atoms with Gasteiger partial charge in [-0.3, -0.25) is 4.79 Å². The van der Waals surface area contributed by atoms with E-state index in [0.717, 1.165) is 16.8 Å². The van der Waals surface area contributed by atoms with Crippen LogP contribution >= 0.6 is 0 Å². The Kier molecular flexibility index (Phi) is 3.10. The summed E-state index contributed by atoms with van der Waals surface area (Å²) in [7, 11) is 3.99. The van der Waals surface area contributed by atoms with Crippen molar-refractivity contribution in [3.8, 4) is 5.69 Å². The van der Waals surface area contributed by atoms with Crippen LogP contribution in [0.25, 0.3) is 16.6 Å². The first-order valence-electron chi connectivity index (χ1n) is 6.62. The number of primary amides is 1. The van der Waals surface area contributed by atoms with E-state index >= 15 is 0 Å². The van der Waals surface area contributed by atoms with Crippen molar-refractivity contribution in [2.45, 2.75) is 0 Å². The number of aromatic nitrogens is 2. The van der Waals surface area contributed by atoms with Gasteiger partial charge in [0, 0.05) is 31.4 Å². The first-order valence-corrected chi connectivity index (χ1v) is 6.62. The van der Waals surface area contributed by atoms with Crippen molar-refractivity contribution in [3.63, 3.8) is 0 Å². The number of benzene rings is 2. The third-order valence-corrected chi connectivity index (χ3v) is 3.43. The summed E-state index contributed by atoms with van der Waals surface area (Å²) >= 11 is 0. The van der Waals surface area contributed by atoms with Gasteiger partial charge in [-0.25, -0.2) is 4.68 Å². The van der Waals surface area contributed by atoms with Gasteiger partial charge in [-0.2, -0.15) is 5.10 Å². The minimum atomic E-state index is -0.464. The summed E-state index contributed by atoms with van der Waals surface area (Å²) < 4.78 is 1.76. The van der Waals surface area contributed by atoms with Crippen molar-refractivity contribution in [3.05, 3.63) is 54.2 Å². The summed E-state index contributed by atoms with van der Waals surface area (Å²) in [6.45, 7) is 0. The van der Waals surface area contributed by atoms with Gasteiger partial charge in [0.2, 0.25) is 0 Å². The smallest absolute Gasteiger partial charge is 0.250 e. The van der Waals surface area contributed by atoms with E-state index in [1.807, 2.05) is 61.6 Å². The minimum Gasteiger partial charge on any atom is -0.378 e. The topological polar surface area (TPSA) is 64.2 Å². The molecule has 0 radical (unpaired) electrons. The van der Waals surface area contributed by atoms with Crippen molar-refractivity contribution >= 4 is 22.5 Å². The molecule has 2 N–H and O–H groups in total. The predicted molar refractivity (Wildman–Crippen MR) is 83.9 cm³/mol. The molecule has 5 nitrogen and oxygen atoms in total. The Morgan fingerprint density at radius 3 is 2.48 bits per heavy atom. The third-order valence-electron chi connectivity index (χ3n) is 3.43. The fourth-order valence-electron chi connectivity index (χ4n) is 2.28. The summed E-state index contributed by atoms with van der Waals surface area (Å²) in [6.07, 6.45) is 1.90. The maximum atomic E-state index is 11.4. The number of nitrogens with two attached hydrogens (primary N) is 1. The molecule has 0 aliphatic rings. The molecule has 3 aromatic rings. The summed E-state index contributed by atoms with van der Waals surface area (Å²) in [6, 6.07) is 13.4. The van der Waals surface area contributed by atoms with Crippen LogP contribution in [0.15, 0.2) is 48.7 Å². The van der Waals surface area contributed by atoms with E-state index in [4.69, 9.17) is 5.73 Å². The number of anilines is 1. The minimum absolute atomic E-state index is 0.441. The van der Waals surface area contributed by atoms with Crippen molar-refractivity contribution < 1.29 is 4.79 Å². The van der Waals surface area contributed by atoms with Crippen LogP contribution in [0.4, 0.5) is 5.69 Å². The Balaban J connectivity index is 2.09. The summed E-state index contributed by atoms with van der Waals surface area (Å²) in [5.41, 5.74) is 8.51. The van der Waals surface area contributed by atoms with Crippen LogP contribution in [0.5, 0.6) is 0 Å². The van der Waals surface area contributed by atoms with E-state index in [1.165, 1.54) is 0 Å². The predicted octanol–water partition coefficient (Wildman–Crippen LogP) is 2.19. The molecule has 0 saturated heterocycles. The van der Waals surface area contributed by atoms with Crippen LogP contribution in [0.3, 0.4) is 0 Å². The maximum Gasteiger partial charge on any atom is 0.250 e. The van der Waals surface area contributed by atoms with Crippen molar-refractivity contribution in [1.82, 2.24) is 9.78 Å². The zero-order chi connectivity index (χ0) is 15.0. The van der Waals surface area contributed by atoms with Crippen LogP contribution in [-0.4, -0.2) is 29.8 Å². The molecule has 0 unspecified atom stereocenters. The zero-order valence-electron chi connectivity index (χ0n) is 11.9. The molecule has 0 aliphatic carbocycles. The highest BCUT2D eigenvalue weighted by Crippen LogP contribution is 2.20. The largest absolute Gasteiger partial charge is 0.378 e. The Hall–Kier alpha value is -2.82. The highest BCUT2D eigenvalue weighted by Gasteiger charge is 2.10. The molecule has 2 aromatic carbocycles. The van der Waals surface area contributed by atoms with Crippen LogP contribution in [0.1, 0.15) is 10.4 Å². The molecule has 21 heavy (non-hydrogen) atoms. The molecule has 3 rings (SSSR count). The van der Waals surface area contributed by atoms with Crippen molar-refractivity contribution in [1.29, 1.82) is 0 Å². The zero-order valence-corrected chi connectivity index (χ0v) is 11.9. The fourth-order valence-corrected chi connectivity index (χ4v) is 2.28. The lowest BCUT2D eigenvalue weighted by molar-refractivity contribution is 0.100. The molecule has 1 aromatic heterocycles. The van der Waals surface area contributed by atoms with E-state index in [2.05, 4.69) is 5.10 Å². The van der Waals surface area contributed by atoms with Crippen molar-refractivity contribution in [2.24, 2.45) is 5.73 Å². The number of amides is 1. The molecule has 5 heteroatoms. The second kappa shape index (κ2) is 4.94. The van der Waals surface area contributed by atoms with Gasteiger partial charge in [0.15, 0.2) is 0 Å². The van der Waals surface area contributed by atoms with Gasteiger partial charge in [0.25, 0.3) is 5.91 Å². The van der Waals surface area contributed by atoms with E-state index in [0.29, 0.717) is 11.1 Å². The molecular formula is C16H16N4O. The number of fused-ring (bicyclic) bond motifs is 1. The summed E-state index contributed by atoms with van der Waals surface area (Å²) in [5, 5.41) is 5.37. The van der Waals surface area contributed by atoms with E-state index in [1.54, 1.807) is 10.7 Å². The lowest BCUT2D eigenvalue weighted by Gasteiger charge is -2.12. The van der Waals surface area contributed by atoms with Gasteiger partial charge in [-0.05, 0) is 30.3 Å². The molecule has 1 heterocycles. The molecule has 0 fully saturated rings. The van der Waals surface area contributed by atoms with Gasteiger partial charge in [0.1, 0.15) is 5.52 Å². The number of carbonyl (C=O) groups excluding carboxylic acids is 1. The third kappa shape index (κ3) is 2.33. The second-order valence-corrected chi connectivity index (χ2v) is 5.09. The van der Waals surface area contributed by atoms with Gasteiger partial charge in [-0.15, -0.1) is 0 Å². The molecule has 106 valence electrons. The SMILES string of the molecule is CN(C)c1ccc(-n2cc3cccc(C(N)=O)c3n2)cc1. The first-order chi connectivity index (χ1) is 10.1. The quantitative estimate of drug-likeness (QED) is 0.800. The highest BCUT2D eigenvalue weighted by molar-refractivity contribution is 6.04. The normalized spacial score (nSPS) is 10.8. The first kappa shape index (κ1) is 13.2. The Morgan fingerprint density at radius 1 is 1.14 bits per heavy atom. The van der Waals surface area contributed by atoms with E-state index in [9.17, 15) is 4.79 Å². The van der Waals surface area contributed by atoms with Gasteiger partial charge in [-0.1, -0.05) is 12.1 Å². The number of nitrogens with zero attached hydrogens (tertiary/aromatic N) is 3. The monoisotopic (exact) mass is 280 g/mol. The molecule has 0 bridgehead atoms. The van der Waals surface area contributed by atoms with Gasteiger partial charge >= 0.3 is 0 Å². The molecule has 0 atom stereocenters.